The quantitative estimate of drug-likeness (QED) is 0.489. The molecule has 0 heterocycles. The fourth-order valence-electron chi connectivity index (χ4n) is 0. The van der Waals surface area contributed by atoms with Crippen LogP contribution in [-0.2, 0) is 73.8 Å². The van der Waals surface area contributed by atoms with Crippen LogP contribution in [0.15, 0.2) is 0 Å². The van der Waals surface area contributed by atoms with Crippen molar-refractivity contribution in [1.29, 1.82) is 0 Å². The van der Waals surface area contributed by atoms with Gasteiger partial charge in [-0.1, -0.05) is 0 Å². The molecule has 4 heteroatoms. The fraction of sp³-hybridized carbons (Fsp3) is 0. The first kappa shape index (κ1) is 33.3. The molecule has 38 valence electrons. The van der Waals surface area contributed by atoms with Crippen LogP contribution < -0.4 is 0 Å². The first-order valence-electron chi connectivity index (χ1n) is 0. The van der Waals surface area contributed by atoms with E-state index in [4.69, 9.17) is 0 Å². The van der Waals surface area contributed by atoms with Crippen molar-refractivity contribution in [3.05, 3.63) is 0 Å². The van der Waals surface area contributed by atoms with E-state index in [2.05, 4.69) is 0 Å². The third-order valence-electron chi connectivity index (χ3n) is 0. The smallest absolute Gasteiger partial charge is 0 e. The summed E-state index contributed by atoms with van der Waals surface area (Å²) in [5.41, 5.74) is 0. The minimum Gasteiger partial charge on any atom is 0 e. The predicted molar refractivity (Wildman–Crippen MR) is 0 cm³/mol. The fourth-order valence-corrected chi connectivity index (χ4v) is 0. The minimum atomic E-state index is 0. The van der Waals surface area contributed by atoms with Crippen molar-refractivity contribution < 1.29 is 73.8 Å². The van der Waals surface area contributed by atoms with Crippen LogP contribution in [-0.4, -0.2) is 0 Å². The zero-order valence-corrected chi connectivity index (χ0v) is 7.24. The maximum atomic E-state index is 0. The standard InChI is InChI=1S/Co.Ni.Pt.Rh. The largest absolute Gasteiger partial charge is 0 e. The molecule has 0 nitrogen and oxygen atoms in total. The van der Waals surface area contributed by atoms with E-state index in [0.29, 0.717) is 0 Å². The molecule has 0 atom stereocenters. The Labute approximate surface area is 73.0 Å². The van der Waals surface area contributed by atoms with Gasteiger partial charge in [0.15, 0.2) is 0 Å². The monoisotopic (exact) mass is 415 g/mol. The first-order chi connectivity index (χ1) is 0. The van der Waals surface area contributed by atoms with Gasteiger partial charge in [-0.05, 0) is 0 Å². The summed E-state index contributed by atoms with van der Waals surface area (Å²) in [5.74, 6) is 0. The van der Waals surface area contributed by atoms with Crippen molar-refractivity contribution in [3.8, 4) is 0 Å². The Morgan fingerprint density at radius 1 is 1.00 bits per heavy atom. The minimum absolute atomic E-state index is 0. The normalized spacial score (nSPS) is 0. The maximum Gasteiger partial charge on any atom is 0 e. The van der Waals surface area contributed by atoms with Crippen molar-refractivity contribution >= 4 is 0 Å². The van der Waals surface area contributed by atoms with Gasteiger partial charge >= 0.3 is 0 Å². The number of hydrogen-bond donors (Lipinski definition) is 0. The van der Waals surface area contributed by atoms with Gasteiger partial charge in [-0.3, -0.25) is 0 Å². The molecule has 0 aliphatic rings. The number of hydrogen-bond acceptors (Lipinski definition) is 0. The van der Waals surface area contributed by atoms with Crippen LogP contribution >= 0.6 is 0 Å². The predicted octanol–water partition coefficient (Wildman–Crippen LogP) is -0.0100. The summed E-state index contributed by atoms with van der Waals surface area (Å²) < 4.78 is 0. The molecule has 0 N–H and O–H groups in total. The molecule has 0 saturated carbocycles. The SMILES string of the molecule is [Co].[Ni].[Pt].[Rh]. The Morgan fingerprint density at radius 2 is 1.00 bits per heavy atom. The van der Waals surface area contributed by atoms with Gasteiger partial charge in [0.05, 0.1) is 0 Å². The van der Waals surface area contributed by atoms with Crippen LogP contribution in [0.4, 0.5) is 0 Å². The van der Waals surface area contributed by atoms with Gasteiger partial charge < -0.3 is 0 Å². The Morgan fingerprint density at radius 3 is 1.00 bits per heavy atom. The Kier molecular flexibility index (Phi) is 154. The molecule has 4 heavy (non-hydrogen) atoms. The van der Waals surface area contributed by atoms with Gasteiger partial charge in [0, 0.05) is 73.8 Å². The Balaban J connectivity index is 0. The molecule has 0 aromatic heterocycles. The molecular weight excluding hydrogens is 416 g/mol. The van der Waals surface area contributed by atoms with E-state index in [1.807, 2.05) is 0 Å². The summed E-state index contributed by atoms with van der Waals surface area (Å²) in [7, 11) is 0. The number of rotatable bonds is 0. The summed E-state index contributed by atoms with van der Waals surface area (Å²) in [4.78, 5) is 0. The summed E-state index contributed by atoms with van der Waals surface area (Å²) in [6.45, 7) is 0. The Bertz CT molecular complexity index is 8.00. The van der Waals surface area contributed by atoms with Crippen LogP contribution in [0.25, 0.3) is 0 Å². The van der Waals surface area contributed by atoms with E-state index >= 15 is 0 Å². The van der Waals surface area contributed by atoms with Gasteiger partial charge in [-0.15, -0.1) is 0 Å². The second kappa shape index (κ2) is 18.5. The molecule has 0 aromatic carbocycles. The second-order valence-electron chi connectivity index (χ2n) is 0. The zero-order valence-electron chi connectivity index (χ0n) is 1.30. The van der Waals surface area contributed by atoms with Crippen LogP contribution in [0.5, 0.6) is 0 Å². The molecule has 0 aliphatic heterocycles. The average molecular weight is 416 g/mol. The molecule has 0 bridgehead atoms. The zero-order chi connectivity index (χ0) is 0. The summed E-state index contributed by atoms with van der Waals surface area (Å²) in [6.07, 6.45) is 0. The van der Waals surface area contributed by atoms with Gasteiger partial charge in [0.2, 0.25) is 0 Å². The molecule has 0 unspecified atom stereocenters. The van der Waals surface area contributed by atoms with Gasteiger partial charge in [-0.2, -0.15) is 0 Å². The molecule has 0 saturated heterocycles. The van der Waals surface area contributed by atoms with E-state index in [1.165, 1.54) is 0 Å². The summed E-state index contributed by atoms with van der Waals surface area (Å²) in [6, 6.07) is 0. The van der Waals surface area contributed by atoms with E-state index in [0.717, 1.165) is 0 Å². The molecule has 0 fully saturated rings. The van der Waals surface area contributed by atoms with Crippen molar-refractivity contribution in [3.63, 3.8) is 0 Å². The maximum absolute atomic E-state index is 0. The van der Waals surface area contributed by atoms with Crippen LogP contribution in [0.2, 0.25) is 0 Å². The molecule has 0 rings (SSSR count). The molecule has 2 radical (unpaired) electrons. The summed E-state index contributed by atoms with van der Waals surface area (Å²) in [5, 5.41) is 0. The molecular formula is CoNiPtRh. The summed E-state index contributed by atoms with van der Waals surface area (Å²) >= 11 is 0. The first-order valence-corrected chi connectivity index (χ1v) is 0. The van der Waals surface area contributed by atoms with Gasteiger partial charge in [0.25, 0.3) is 0 Å². The third kappa shape index (κ3) is 8.85. The topological polar surface area (TPSA) is 0 Å². The van der Waals surface area contributed by atoms with E-state index < -0.39 is 0 Å². The van der Waals surface area contributed by atoms with Crippen molar-refractivity contribution in [2.75, 3.05) is 0 Å². The van der Waals surface area contributed by atoms with Gasteiger partial charge in [0.1, 0.15) is 0 Å². The van der Waals surface area contributed by atoms with E-state index in [-0.39, 0.29) is 73.8 Å². The van der Waals surface area contributed by atoms with Crippen molar-refractivity contribution in [2.45, 2.75) is 0 Å². The van der Waals surface area contributed by atoms with Crippen LogP contribution in [0.3, 0.4) is 0 Å². The third-order valence-corrected chi connectivity index (χ3v) is 0. The molecule has 0 spiro atoms. The molecule has 0 aromatic rings. The molecule has 0 aliphatic carbocycles. The second-order valence-corrected chi connectivity index (χ2v) is 0. The van der Waals surface area contributed by atoms with E-state index in [9.17, 15) is 0 Å². The van der Waals surface area contributed by atoms with Crippen molar-refractivity contribution in [2.24, 2.45) is 0 Å². The van der Waals surface area contributed by atoms with Crippen LogP contribution in [0.1, 0.15) is 0 Å². The van der Waals surface area contributed by atoms with Crippen molar-refractivity contribution in [1.82, 2.24) is 0 Å². The van der Waals surface area contributed by atoms with Crippen LogP contribution in [0, 0.1) is 0 Å². The van der Waals surface area contributed by atoms with Gasteiger partial charge in [-0.25, -0.2) is 0 Å². The molecule has 0 amide bonds. The average Bonchev–Trinajstić information content (AvgIpc) is 0. The van der Waals surface area contributed by atoms with E-state index in [1.54, 1.807) is 0 Å². The Hall–Kier alpha value is 2.31.